The first kappa shape index (κ1) is 31.3. The van der Waals surface area contributed by atoms with Crippen molar-refractivity contribution in [2.75, 3.05) is 39.2 Å². The van der Waals surface area contributed by atoms with Gasteiger partial charge in [0.15, 0.2) is 0 Å². The van der Waals surface area contributed by atoms with Crippen LogP contribution in [-0.4, -0.2) is 59.4 Å². The first-order valence-corrected chi connectivity index (χ1v) is 15.8. The Kier molecular flexibility index (Phi) is 9.68. The average Bonchev–Trinajstić information content (AvgIpc) is 3.61. The molecule has 0 radical (unpaired) electrons. The van der Waals surface area contributed by atoms with Crippen LogP contribution in [0.3, 0.4) is 0 Å². The number of phenols is 1. The van der Waals surface area contributed by atoms with Crippen LogP contribution in [0.25, 0.3) is 31.7 Å². The molecule has 1 atom stereocenters. The molecule has 5 aromatic rings. The number of hydrogen-bond donors (Lipinski definition) is 2. The molecule has 10 heteroatoms. The van der Waals surface area contributed by atoms with Crippen LogP contribution < -0.4 is 10.1 Å². The van der Waals surface area contributed by atoms with Gasteiger partial charge in [-0.05, 0) is 87.2 Å². The maximum Gasteiger partial charge on any atom is 0.230 e. The van der Waals surface area contributed by atoms with Gasteiger partial charge in [-0.15, -0.1) is 11.3 Å². The number of nitrogens with zero attached hydrogens (tertiary/aromatic N) is 3. The number of likely N-dealkylation sites (N-methyl/N-ethyl adjacent to an activating group) is 1. The summed E-state index contributed by atoms with van der Waals surface area (Å²) in [5, 5.41) is 13.9. The zero-order valence-electron chi connectivity index (χ0n) is 25.5. The van der Waals surface area contributed by atoms with Crippen molar-refractivity contribution >= 4 is 44.1 Å². The van der Waals surface area contributed by atoms with Crippen LogP contribution in [0.2, 0.25) is 0 Å². The minimum atomic E-state index is -0.415. The van der Waals surface area contributed by atoms with Crippen molar-refractivity contribution < 1.29 is 23.4 Å². The molecule has 2 heterocycles. The molecule has 1 amide bonds. The largest absolute Gasteiger partial charge is 0.508 e. The summed E-state index contributed by atoms with van der Waals surface area (Å²) in [5.74, 6) is 0.687. The van der Waals surface area contributed by atoms with Crippen molar-refractivity contribution in [3.8, 4) is 22.1 Å². The molecule has 0 aliphatic heterocycles. The van der Waals surface area contributed by atoms with Crippen molar-refractivity contribution in [3.05, 3.63) is 71.7 Å². The quantitative estimate of drug-likeness (QED) is 0.186. The fourth-order valence-corrected chi connectivity index (χ4v) is 7.11. The Bertz CT molecular complexity index is 1780. The van der Waals surface area contributed by atoms with Gasteiger partial charge in [0.25, 0.3) is 0 Å². The molecule has 0 spiro atoms. The third kappa shape index (κ3) is 5.95. The number of thiazole rings is 1. The number of aromatic nitrogens is 2. The number of amides is 1. The molecule has 2 aromatic heterocycles. The van der Waals surface area contributed by atoms with E-state index in [0.717, 1.165) is 68.0 Å². The number of aromatic hydroxyl groups is 1. The van der Waals surface area contributed by atoms with E-state index in [1.165, 1.54) is 17.4 Å². The molecule has 0 saturated heterocycles. The number of nitrogens with one attached hydrogen (secondary N) is 1. The number of carbonyl (C=O) groups is 1. The molecule has 0 fully saturated rings. The van der Waals surface area contributed by atoms with Gasteiger partial charge in [0.05, 0.1) is 41.0 Å². The molecule has 44 heavy (non-hydrogen) atoms. The summed E-state index contributed by atoms with van der Waals surface area (Å²) in [6.45, 7) is 5.35. The number of rotatable bonds is 8. The lowest BCUT2D eigenvalue weighted by atomic mass is 9.84. The van der Waals surface area contributed by atoms with Gasteiger partial charge in [-0.2, -0.15) is 0 Å². The number of halogens is 2. The van der Waals surface area contributed by atoms with E-state index in [2.05, 4.69) is 14.9 Å². The van der Waals surface area contributed by atoms with E-state index in [1.807, 2.05) is 43.0 Å². The highest BCUT2D eigenvalue weighted by Gasteiger charge is 2.34. The standard InChI is InChI=1S/C20H27FN2O2.C14H11FN2OS/c1-4-22(5-2)20(24)14-8-6-9-15-18(14)19-16(23(15)13-12-21)10-7-11-17(19)25-3;1-16-11-4-2-8(6-10(11)15)14-17-12-5-3-9(18)7-13(12)19-14/h7,10-11,14H,4-6,8-9,12-13H2,1-3H3;2-7,16,18H,1H3/t14-;/m0./s1/i21-1;15-1. The number of carbonyl (C=O) groups excluding carboxylic acids is 1. The van der Waals surface area contributed by atoms with E-state index in [1.54, 1.807) is 38.4 Å². The lowest BCUT2D eigenvalue weighted by Gasteiger charge is -2.29. The van der Waals surface area contributed by atoms with E-state index in [9.17, 15) is 18.7 Å². The normalized spacial score (nSPS) is 14.2. The van der Waals surface area contributed by atoms with Crippen LogP contribution >= 0.6 is 11.3 Å². The van der Waals surface area contributed by atoms with Gasteiger partial charge in [0.2, 0.25) is 5.91 Å². The molecule has 1 aliphatic carbocycles. The van der Waals surface area contributed by atoms with E-state index in [4.69, 9.17) is 4.74 Å². The number of anilines is 1. The second kappa shape index (κ2) is 13.6. The Morgan fingerprint density at radius 2 is 1.98 bits per heavy atom. The van der Waals surface area contributed by atoms with Crippen LogP contribution in [0.15, 0.2) is 54.6 Å². The number of phenolic OH excluding ortho intramolecular Hbond substituents is 1. The zero-order chi connectivity index (χ0) is 31.4. The summed E-state index contributed by atoms with van der Waals surface area (Å²) in [7, 11) is 3.33. The van der Waals surface area contributed by atoms with E-state index in [0.29, 0.717) is 25.3 Å². The molecule has 0 unspecified atom stereocenters. The Labute approximate surface area is 260 Å². The number of fused-ring (bicyclic) bond motifs is 4. The van der Waals surface area contributed by atoms with Gasteiger partial charge in [-0.1, -0.05) is 6.07 Å². The number of benzene rings is 3. The molecule has 1 aliphatic rings. The second-order valence-corrected chi connectivity index (χ2v) is 11.7. The van der Waals surface area contributed by atoms with Gasteiger partial charge in [-0.25, -0.2) is 13.8 Å². The molecule has 3 aromatic carbocycles. The van der Waals surface area contributed by atoms with E-state index < -0.39 is 6.67 Å². The minimum Gasteiger partial charge on any atom is -0.508 e. The summed E-state index contributed by atoms with van der Waals surface area (Å²) >= 11 is 1.43. The fraction of sp³-hybridized carbons (Fsp3) is 0.353. The Morgan fingerprint density at radius 3 is 2.66 bits per heavy atom. The lowest BCUT2D eigenvalue weighted by Crippen LogP contribution is -2.36. The molecule has 0 saturated carbocycles. The molecule has 7 nitrogen and oxygen atoms in total. The smallest absolute Gasteiger partial charge is 0.230 e. The maximum absolute atomic E-state index is 13.7. The summed E-state index contributed by atoms with van der Waals surface area (Å²) in [5.41, 5.74) is 5.13. The van der Waals surface area contributed by atoms with Crippen molar-refractivity contribution in [2.45, 2.75) is 45.6 Å². The third-order valence-electron chi connectivity index (χ3n) is 8.21. The monoisotopic (exact) mass is 618 g/mol. The average molecular weight is 619 g/mol. The molecular formula is C34H38F2N4O3S. The van der Waals surface area contributed by atoms with Gasteiger partial charge >= 0.3 is 0 Å². The highest BCUT2D eigenvalue weighted by atomic mass is 32.1. The fourth-order valence-electron chi connectivity index (χ4n) is 6.11. The van der Waals surface area contributed by atoms with Crippen molar-refractivity contribution in [1.29, 1.82) is 0 Å². The van der Waals surface area contributed by atoms with E-state index >= 15 is 0 Å². The van der Waals surface area contributed by atoms with Crippen LogP contribution in [0, 0.1) is 5.82 Å². The minimum absolute atomic E-state index is 0.164. The summed E-state index contributed by atoms with van der Waals surface area (Å²) in [4.78, 5) is 19.5. The third-order valence-corrected chi connectivity index (χ3v) is 9.28. The SMILES string of the molecule is CCN(CC)C(=O)[C@H]1CCCc2c1c1c(OC)cccc1n2CC[18F].CNc1ccc(-c2nc3ccc(O)cc3s2)cc1[18F]. The van der Waals surface area contributed by atoms with Crippen molar-refractivity contribution in [2.24, 2.45) is 0 Å². The Hall–Kier alpha value is -4.18. The van der Waals surface area contributed by atoms with Crippen molar-refractivity contribution in [3.63, 3.8) is 0 Å². The number of methoxy groups -OCH3 is 1. The molecule has 232 valence electrons. The van der Waals surface area contributed by atoms with Gasteiger partial charge in [0.1, 0.15) is 29.0 Å². The molecule has 2 N–H and O–H groups in total. The lowest BCUT2D eigenvalue weighted by molar-refractivity contribution is -0.132. The van der Waals surface area contributed by atoms with Gasteiger partial charge < -0.3 is 24.6 Å². The van der Waals surface area contributed by atoms with Gasteiger partial charge in [0, 0.05) is 36.8 Å². The summed E-state index contributed by atoms with van der Waals surface area (Å²) in [6.07, 6.45) is 2.68. The van der Waals surface area contributed by atoms with Crippen LogP contribution in [0.5, 0.6) is 11.5 Å². The van der Waals surface area contributed by atoms with Gasteiger partial charge in [-0.3, -0.25) is 4.79 Å². The molecule has 0 bridgehead atoms. The number of ether oxygens (including phenoxy) is 1. The first-order chi connectivity index (χ1) is 21.3. The maximum atomic E-state index is 13.7. The second-order valence-electron chi connectivity index (χ2n) is 10.6. The highest BCUT2D eigenvalue weighted by molar-refractivity contribution is 7.21. The number of alkyl halides is 1. The topological polar surface area (TPSA) is 79.6 Å². The summed E-state index contributed by atoms with van der Waals surface area (Å²) < 4.78 is 35.5. The van der Waals surface area contributed by atoms with Crippen LogP contribution in [-0.2, 0) is 17.8 Å². The predicted octanol–water partition coefficient (Wildman–Crippen LogP) is 7.76. The molecule has 6 rings (SSSR count). The van der Waals surface area contributed by atoms with Crippen LogP contribution in [0.4, 0.5) is 14.5 Å². The van der Waals surface area contributed by atoms with Crippen LogP contribution in [0.1, 0.15) is 43.9 Å². The van der Waals surface area contributed by atoms with E-state index in [-0.39, 0.29) is 23.4 Å². The zero-order valence-corrected chi connectivity index (χ0v) is 26.3. The highest BCUT2D eigenvalue weighted by Crippen LogP contribution is 2.43. The Balaban J connectivity index is 0.000000181. The first-order valence-electron chi connectivity index (χ1n) is 14.9. The van der Waals surface area contributed by atoms with Crippen molar-refractivity contribution in [1.82, 2.24) is 14.5 Å². The predicted molar refractivity (Wildman–Crippen MR) is 174 cm³/mol. The Morgan fingerprint density at radius 1 is 1.18 bits per heavy atom. The number of hydrogen-bond acceptors (Lipinski definition) is 6. The molecular weight excluding hydrogens is 580 g/mol. The summed E-state index contributed by atoms with van der Waals surface area (Å²) in [6, 6.07) is 15.8. The number of aryl methyl sites for hydroxylation is 1.